The van der Waals surface area contributed by atoms with E-state index in [1.165, 1.54) is 11.1 Å². The number of piperidine rings is 1. The Morgan fingerprint density at radius 1 is 1.38 bits per heavy atom. The van der Waals surface area contributed by atoms with Gasteiger partial charge in [-0.3, -0.25) is 0 Å². The molecule has 1 aromatic rings. The molecule has 0 radical (unpaired) electrons. The van der Waals surface area contributed by atoms with Gasteiger partial charge in [-0.15, -0.1) is 0 Å². The van der Waals surface area contributed by atoms with Gasteiger partial charge in [-0.05, 0) is 53.0 Å². The molecule has 1 aromatic heterocycles. The summed E-state index contributed by atoms with van der Waals surface area (Å²) < 4.78 is 30.6. The van der Waals surface area contributed by atoms with E-state index in [1.54, 1.807) is 33.8 Å². The van der Waals surface area contributed by atoms with E-state index in [-0.39, 0.29) is 10.9 Å². The number of ether oxygens (including phenoxy) is 1. The monoisotopic (exact) mass is 355 g/mol. The van der Waals surface area contributed by atoms with Crippen LogP contribution in [-0.2, 0) is 14.6 Å². The van der Waals surface area contributed by atoms with Crippen molar-refractivity contribution in [1.82, 2.24) is 14.9 Å². The fourth-order valence-corrected chi connectivity index (χ4v) is 4.15. The topological polar surface area (TPSA) is 89.5 Å². The molecular formula is C16H25N3O4S. The zero-order chi connectivity index (χ0) is 18.0. The molecule has 7 nitrogen and oxygen atoms in total. The number of amides is 1. The van der Waals surface area contributed by atoms with Crippen LogP contribution in [0.1, 0.15) is 45.7 Å². The van der Waals surface area contributed by atoms with Crippen LogP contribution in [-0.4, -0.2) is 53.3 Å². The maximum Gasteiger partial charge on any atom is 0.410 e. The molecule has 1 fully saturated rings. The van der Waals surface area contributed by atoms with Crippen molar-refractivity contribution in [3.8, 4) is 0 Å². The Labute approximate surface area is 143 Å². The van der Waals surface area contributed by atoms with Gasteiger partial charge in [-0.25, -0.2) is 23.2 Å². The average molecular weight is 355 g/mol. The molecule has 8 heteroatoms. The number of sulfone groups is 1. The molecule has 1 aliphatic heterocycles. The Balaban J connectivity index is 2.17. The normalized spacial score (nSPS) is 19.2. The van der Waals surface area contributed by atoms with Gasteiger partial charge in [0.25, 0.3) is 0 Å². The van der Waals surface area contributed by atoms with Crippen molar-refractivity contribution in [3.63, 3.8) is 0 Å². The van der Waals surface area contributed by atoms with E-state index < -0.39 is 27.6 Å². The van der Waals surface area contributed by atoms with Gasteiger partial charge in [0.2, 0.25) is 15.0 Å². The van der Waals surface area contributed by atoms with E-state index >= 15 is 0 Å². The lowest BCUT2D eigenvalue weighted by atomic mass is 10.0. The van der Waals surface area contributed by atoms with E-state index in [2.05, 4.69) is 9.97 Å². The maximum atomic E-state index is 12.6. The number of hydrogen-bond acceptors (Lipinski definition) is 6. The van der Waals surface area contributed by atoms with Gasteiger partial charge >= 0.3 is 6.09 Å². The van der Waals surface area contributed by atoms with Crippen molar-refractivity contribution >= 4 is 15.9 Å². The molecular weight excluding hydrogens is 330 g/mol. The smallest absolute Gasteiger partial charge is 0.410 e. The molecule has 0 unspecified atom stereocenters. The van der Waals surface area contributed by atoms with Crippen LogP contribution in [0.4, 0.5) is 4.79 Å². The highest BCUT2D eigenvalue weighted by molar-refractivity contribution is 7.91. The second-order valence-corrected chi connectivity index (χ2v) is 9.01. The lowest BCUT2D eigenvalue weighted by Gasteiger charge is -2.36. The molecule has 0 aromatic carbocycles. The number of carbonyl (C=O) groups excluding carboxylic acids is 1. The lowest BCUT2D eigenvalue weighted by Crippen LogP contribution is -2.49. The molecule has 0 spiro atoms. The minimum atomic E-state index is -3.66. The number of likely N-dealkylation sites (tertiary alicyclic amines) is 1. The number of hydrogen-bond donors (Lipinski definition) is 0. The van der Waals surface area contributed by atoms with Gasteiger partial charge in [0.05, 0.1) is 5.75 Å². The number of rotatable bonds is 3. The third-order valence-electron chi connectivity index (χ3n) is 3.72. The standard InChI is InChI=1S/C16H25N3O4S/c1-12-8-9-17-14(18-12)24(21,22)11-13-7-5-6-10-19(13)15(20)23-16(2,3)4/h8-9,13H,5-7,10-11H2,1-4H3/t13-/m1/s1. The third-order valence-corrected chi connectivity index (χ3v) is 5.29. The fourth-order valence-electron chi connectivity index (χ4n) is 2.64. The van der Waals surface area contributed by atoms with Crippen LogP contribution >= 0.6 is 0 Å². The molecule has 0 aliphatic carbocycles. The first kappa shape index (κ1) is 18.6. The van der Waals surface area contributed by atoms with Gasteiger partial charge in [-0.2, -0.15) is 0 Å². The Morgan fingerprint density at radius 2 is 2.08 bits per heavy atom. The minimum absolute atomic E-state index is 0.183. The lowest BCUT2D eigenvalue weighted by molar-refractivity contribution is 0.0124. The van der Waals surface area contributed by atoms with Crippen LogP contribution in [0, 0.1) is 6.92 Å². The Bertz CT molecular complexity index is 698. The molecule has 1 aliphatic rings. The van der Waals surface area contributed by atoms with Gasteiger partial charge < -0.3 is 9.64 Å². The summed E-state index contributed by atoms with van der Waals surface area (Å²) in [4.78, 5) is 21.8. The highest BCUT2D eigenvalue weighted by Gasteiger charge is 2.34. The number of aromatic nitrogens is 2. The summed E-state index contributed by atoms with van der Waals surface area (Å²) in [6, 6.07) is 1.23. The van der Waals surface area contributed by atoms with E-state index in [1.807, 2.05) is 0 Å². The number of carbonyl (C=O) groups is 1. The van der Waals surface area contributed by atoms with Crippen molar-refractivity contribution in [3.05, 3.63) is 18.0 Å². The summed E-state index contributed by atoms with van der Waals surface area (Å²) in [7, 11) is -3.66. The predicted octanol–water partition coefficient (Wildman–Crippen LogP) is 2.35. The van der Waals surface area contributed by atoms with Crippen LogP contribution in [0.3, 0.4) is 0 Å². The third kappa shape index (κ3) is 4.90. The summed E-state index contributed by atoms with van der Waals surface area (Å²) in [5.74, 6) is -0.185. The summed E-state index contributed by atoms with van der Waals surface area (Å²) in [5, 5.41) is -0.183. The SMILES string of the molecule is Cc1ccnc(S(=O)(=O)C[C@H]2CCCCN2C(=O)OC(C)(C)C)n1. The second kappa shape index (κ2) is 7.04. The van der Waals surface area contributed by atoms with E-state index in [0.29, 0.717) is 18.7 Å². The molecule has 0 N–H and O–H groups in total. The summed E-state index contributed by atoms with van der Waals surface area (Å²) in [5.41, 5.74) is -0.0198. The van der Waals surface area contributed by atoms with Crippen LogP contribution in [0.15, 0.2) is 17.4 Å². The van der Waals surface area contributed by atoms with Crippen molar-refractivity contribution in [2.45, 2.75) is 63.8 Å². The van der Waals surface area contributed by atoms with Crippen LogP contribution in [0.2, 0.25) is 0 Å². The molecule has 1 saturated heterocycles. The van der Waals surface area contributed by atoms with Crippen molar-refractivity contribution in [2.24, 2.45) is 0 Å². The van der Waals surface area contributed by atoms with Gasteiger partial charge in [0.15, 0.2) is 0 Å². The van der Waals surface area contributed by atoms with Gasteiger partial charge in [0.1, 0.15) is 5.60 Å². The fraction of sp³-hybridized carbons (Fsp3) is 0.688. The summed E-state index contributed by atoms with van der Waals surface area (Å²) in [6.45, 7) is 7.60. The largest absolute Gasteiger partial charge is 0.444 e. The molecule has 24 heavy (non-hydrogen) atoms. The Hall–Kier alpha value is -1.70. The maximum absolute atomic E-state index is 12.6. The van der Waals surface area contributed by atoms with E-state index in [0.717, 1.165) is 12.8 Å². The van der Waals surface area contributed by atoms with Gasteiger partial charge in [-0.1, -0.05) is 0 Å². The zero-order valence-corrected chi connectivity index (χ0v) is 15.5. The molecule has 0 saturated carbocycles. The first-order valence-corrected chi connectivity index (χ1v) is 9.76. The Morgan fingerprint density at radius 3 is 2.71 bits per heavy atom. The van der Waals surface area contributed by atoms with Crippen molar-refractivity contribution in [2.75, 3.05) is 12.3 Å². The molecule has 2 heterocycles. The first-order chi connectivity index (χ1) is 11.1. The zero-order valence-electron chi connectivity index (χ0n) is 14.7. The van der Waals surface area contributed by atoms with E-state index in [9.17, 15) is 13.2 Å². The van der Waals surface area contributed by atoms with Crippen LogP contribution in [0.5, 0.6) is 0 Å². The predicted molar refractivity (Wildman–Crippen MR) is 89.4 cm³/mol. The minimum Gasteiger partial charge on any atom is -0.444 e. The van der Waals surface area contributed by atoms with Crippen LogP contribution < -0.4 is 0 Å². The molecule has 0 bridgehead atoms. The highest BCUT2D eigenvalue weighted by atomic mass is 32.2. The number of nitrogens with zero attached hydrogens (tertiary/aromatic N) is 3. The van der Waals surface area contributed by atoms with Crippen molar-refractivity contribution in [1.29, 1.82) is 0 Å². The number of aryl methyl sites for hydroxylation is 1. The quantitative estimate of drug-likeness (QED) is 0.773. The average Bonchev–Trinajstić information content (AvgIpc) is 2.45. The molecule has 1 amide bonds. The molecule has 1 atom stereocenters. The van der Waals surface area contributed by atoms with Crippen molar-refractivity contribution < 1.29 is 17.9 Å². The van der Waals surface area contributed by atoms with Gasteiger partial charge in [0, 0.05) is 24.5 Å². The molecule has 134 valence electrons. The summed E-state index contributed by atoms with van der Waals surface area (Å²) >= 11 is 0. The first-order valence-electron chi connectivity index (χ1n) is 8.10. The second-order valence-electron chi connectivity index (χ2n) is 7.09. The Kier molecular flexibility index (Phi) is 5.47. The van der Waals surface area contributed by atoms with E-state index in [4.69, 9.17) is 4.74 Å². The highest BCUT2D eigenvalue weighted by Crippen LogP contribution is 2.23. The van der Waals surface area contributed by atoms with Crippen LogP contribution in [0.25, 0.3) is 0 Å². The molecule has 2 rings (SSSR count). The summed E-state index contributed by atoms with van der Waals surface area (Å²) in [6.07, 6.45) is 3.32.